The van der Waals surface area contributed by atoms with Gasteiger partial charge in [-0.15, -0.1) is 5.10 Å². The van der Waals surface area contributed by atoms with Crippen LogP contribution in [0.4, 0.5) is 5.69 Å². The number of benzene rings is 2. The first-order valence-electron chi connectivity index (χ1n) is 10.9. The zero-order chi connectivity index (χ0) is 21.2. The van der Waals surface area contributed by atoms with Crippen molar-refractivity contribution < 1.29 is 4.74 Å². The van der Waals surface area contributed by atoms with Crippen LogP contribution in [0.25, 0.3) is 22.2 Å². The minimum atomic E-state index is 0.00470. The van der Waals surface area contributed by atoms with E-state index in [0.717, 1.165) is 53.2 Å². The quantitative estimate of drug-likeness (QED) is 0.453. The van der Waals surface area contributed by atoms with Crippen molar-refractivity contribution in [3.05, 3.63) is 72.1 Å². The lowest BCUT2D eigenvalue weighted by molar-refractivity contribution is 0.223. The first-order chi connectivity index (χ1) is 15.3. The SMILES string of the molecule is CCN(CC)CCOc1ccc(C2Nc3ccccc3-c3cnnc4[nH]cc2c34)cc1. The Balaban J connectivity index is 1.45. The first-order valence-corrected chi connectivity index (χ1v) is 10.9. The molecule has 0 spiro atoms. The zero-order valence-electron chi connectivity index (χ0n) is 17.9. The van der Waals surface area contributed by atoms with E-state index in [9.17, 15) is 0 Å². The summed E-state index contributed by atoms with van der Waals surface area (Å²) in [5, 5.41) is 13.4. The Hall–Kier alpha value is -3.38. The van der Waals surface area contributed by atoms with E-state index in [1.165, 1.54) is 11.1 Å². The molecule has 2 aromatic heterocycles. The maximum Gasteiger partial charge on any atom is 0.160 e. The maximum atomic E-state index is 5.98. The highest BCUT2D eigenvalue weighted by atomic mass is 16.5. The second-order valence-corrected chi connectivity index (χ2v) is 7.79. The molecule has 0 bridgehead atoms. The average Bonchev–Trinajstić information content (AvgIpc) is 3.19. The lowest BCUT2D eigenvalue weighted by Gasteiger charge is -2.20. The Morgan fingerprint density at radius 3 is 2.61 bits per heavy atom. The number of fused-ring (bicyclic) bond motifs is 2. The van der Waals surface area contributed by atoms with Gasteiger partial charge in [0.05, 0.1) is 12.2 Å². The second kappa shape index (κ2) is 8.40. The van der Waals surface area contributed by atoms with Crippen LogP contribution in [0.2, 0.25) is 0 Å². The molecule has 1 aliphatic heterocycles. The minimum absolute atomic E-state index is 0.00470. The molecule has 158 valence electrons. The second-order valence-electron chi connectivity index (χ2n) is 7.79. The molecule has 0 amide bonds. The highest BCUT2D eigenvalue weighted by Crippen LogP contribution is 2.43. The number of para-hydroxylation sites is 1. The molecule has 2 aromatic carbocycles. The highest BCUT2D eigenvalue weighted by molar-refractivity contribution is 6.00. The van der Waals surface area contributed by atoms with E-state index in [1.807, 2.05) is 12.4 Å². The predicted octanol–water partition coefficient (Wildman–Crippen LogP) is 4.86. The molecule has 2 N–H and O–H groups in total. The Labute approximate surface area is 182 Å². The lowest BCUT2D eigenvalue weighted by atomic mass is 9.97. The van der Waals surface area contributed by atoms with E-state index in [4.69, 9.17) is 4.74 Å². The molecule has 0 fully saturated rings. The molecular formula is C25H27N5O. The van der Waals surface area contributed by atoms with Gasteiger partial charge in [-0.25, -0.2) is 0 Å². The molecule has 6 nitrogen and oxygen atoms in total. The number of ether oxygens (including phenoxy) is 1. The summed E-state index contributed by atoms with van der Waals surface area (Å²) < 4.78 is 5.98. The number of hydrogen-bond acceptors (Lipinski definition) is 5. The van der Waals surface area contributed by atoms with Gasteiger partial charge in [0.15, 0.2) is 5.65 Å². The van der Waals surface area contributed by atoms with E-state index in [2.05, 4.69) is 87.8 Å². The molecule has 0 radical (unpaired) electrons. The molecule has 1 aliphatic rings. The predicted molar refractivity (Wildman–Crippen MR) is 125 cm³/mol. The van der Waals surface area contributed by atoms with Crippen molar-refractivity contribution >= 4 is 16.7 Å². The van der Waals surface area contributed by atoms with Crippen LogP contribution < -0.4 is 10.1 Å². The number of nitrogens with zero attached hydrogens (tertiary/aromatic N) is 3. The van der Waals surface area contributed by atoms with Crippen molar-refractivity contribution in [3.63, 3.8) is 0 Å². The lowest BCUT2D eigenvalue weighted by Crippen LogP contribution is -2.27. The van der Waals surface area contributed by atoms with Crippen molar-refractivity contribution in [3.8, 4) is 16.9 Å². The van der Waals surface area contributed by atoms with Gasteiger partial charge < -0.3 is 19.9 Å². The number of aromatic amines is 1. The van der Waals surface area contributed by atoms with Crippen LogP contribution in [0.15, 0.2) is 60.9 Å². The standard InChI is InChI=1S/C25H27N5O/c1-3-30(4-2)13-14-31-18-11-9-17(10-12-18)24-21-15-26-25-23(21)20(16-27-29-25)19-7-5-6-8-22(19)28-24/h5-12,15-16,24,28H,3-4,13-14H2,1-2H3,(H,26,29). The van der Waals surface area contributed by atoms with Crippen LogP contribution in [-0.2, 0) is 0 Å². The average molecular weight is 414 g/mol. The fourth-order valence-corrected chi connectivity index (χ4v) is 4.36. The fourth-order valence-electron chi connectivity index (χ4n) is 4.36. The number of H-pyrrole nitrogens is 1. The third kappa shape index (κ3) is 3.64. The molecule has 5 rings (SSSR count). The highest BCUT2D eigenvalue weighted by Gasteiger charge is 2.26. The van der Waals surface area contributed by atoms with Crippen LogP contribution in [0.5, 0.6) is 5.75 Å². The Morgan fingerprint density at radius 1 is 1.00 bits per heavy atom. The van der Waals surface area contributed by atoms with Crippen molar-refractivity contribution in [2.24, 2.45) is 0 Å². The molecule has 3 heterocycles. The number of nitrogens with one attached hydrogen (secondary N) is 2. The summed E-state index contributed by atoms with van der Waals surface area (Å²) in [6.07, 6.45) is 3.90. The number of anilines is 1. The van der Waals surface area contributed by atoms with E-state index in [1.54, 1.807) is 0 Å². The molecule has 0 saturated heterocycles. The van der Waals surface area contributed by atoms with Gasteiger partial charge in [-0.3, -0.25) is 0 Å². The van der Waals surface area contributed by atoms with Crippen molar-refractivity contribution in [1.82, 2.24) is 20.1 Å². The van der Waals surface area contributed by atoms with Crippen molar-refractivity contribution in [1.29, 1.82) is 0 Å². The van der Waals surface area contributed by atoms with E-state index >= 15 is 0 Å². The minimum Gasteiger partial charge on any atom is -0.492 e. The van der Waals surface area contributed by atoms with Crippen molar-refractivity contribution in [2.75, 3.05) is 31.6 Å². The number of hydrogen-bond donors (Lipinski definition) is 2. The summed E-state index contributed by atoms with van der Waals surface area (Å²) in [5.74, 6) is 0.899. The van der Waals surface area contributed by atoms with Gasteiger partial charge >= 0.3 is 0 Å². The Kier molecular flexibility index (Phi) is 5.30. The Bertz CT molecular complexity index is 1180. The summed E-state index contributed by atoms with van der Waals surface area (Å²) in [7, 11) is 0. The van der Waals surface area contributed by atoms with Crippen LogP contribution in [-0.4, -0.2) is 46.3 Å². The van der Waals surface area contributed by atoms with Crippen LogP contribution >= 0.6 is 0 Å². The molecule has 1 atom stereocenters. The first kappa shape index (κ1) is 19.6. The number of rotatable bonds is 7. The summed E-state index contributed by atoms with van der Waals surface area (Å²) in [4.78, 5) is 5.66. The van der Waals surface area contributed by atoms with Gasteiger partial charge in [-0.1, -0.05) is 44.2 Å². The van der Waals surface area contributed by atoms with Crippen molar-refractivity contribution in [2.45, 2.75) is 19.9 Å². The van der Waals surface area contributed by atoms with Crippen LogP contribution in [0.3, 0.4) is 0 Å². The van der Waals surface area contributed by atoms with Gasteiger partial charge in [0.1, 0.15) is 12.4 Å². The molecule has 31 heavy (non-hydrogen) atoms. The van der Waals surface area contributed by atoms with E-state index in [0.29, 0.717) is 6.61 Å². The fraction of sp³-hybridized carbons (Fsp3) is 0.280. The molecule has 0 aliphatic carbocycles. The topological polar surface area (TPSA) is 66.1 Å². The Morgan fingerprint density at radius 2 is 1.81 bits per heavy atom. The summed E-state index contributed by atoms with van der Waals surface area (Å²) >= 11 is 0. The van der Waals surface area contributed by atoms with E-state index < -0.39 is 0 Å². The molecule has 6 heteroatoms. The van der Waals surface area contributed by atoms with Gasteiger partial charge in [-0.2, -0.15) is 5.10 Å². The molecular weight excluding hydrogens is 386 g/mol. The zero-order valence-corrected chi connectivity index (χ0v) is 17.9. The summed E-state index contributed by atoms with van der Waals surface area (Å²) in [6, 6.07) is 16.8. The molecule has 1 unspecified atom stereocenters. The number of aromatic nitrogens is 3. The third-order valence-corrected chi connectivity index (χ3v) is 6.12. The van der Waals surface area contributed by atoms with Gasteiger partial charge in [-0.05, 0) is 36.9 Å². The maximum absolute atomic E-state index is 5.98. The molecule has 4 aromatic rings. The monoisotopic (exact) mass is 413 g/mol. The van der Waals surface area contributed by atoms with Gasteiger partial charge in [0.2, 0.25) is 0 Å². The van der Waals surface area contributed by atoms with Crippen LogP contribution in [0.1, 0.15) is 31.0 Å². The largest absolute Gasteiger partial charge is 0.492 e. The summed E-state index contributed by atoms with van der Waals surface area (Å²) in [6.45, 7) is 8.08. The van der Waals surface area contributed by atoms with E-state index in [-0.39, 0.29) is 6.04 Å². The van der Waals surface area contributed by atoms with Gasteiger partial charge in [0.25, 0.3) is 0 Å². The van der Waals surface area contributed by atoms with Crippen LogP contribution in [0, 0.1) is 0 Å². The summed E-state index contributed by atoms with van der Waals surface area (Å²) in [5.41, 5.74) is 6.50. The molecule has 0 saturated carbocycles. The normalized spacial score (nSPS) is 14.9. The van der Waals surface area contributed by atoms with Gasteiger partial charge in [0, 0.05) is 40.5 Å². The number of likely N-dealkylation sites (N-methyl/N-ethyl adjacent to an activating group) is 1. The smallest absolute Gasteiger partial charge is 0.160 e. The third-order valence-electron chi connectivity index (χ3n) is 6.12.